The fourth-order valence-electron chi connectivity index (χ4n) is 6.58. The summed E-state index contributed by atoms with van der Waals surface area (Å²) in [7, 11) is 2.97. The first-order valence-electron chi connectivity index (χ1n) is 19.8. The standard InChI is InChI=1S/C44H68O5/c1-5-7-9-11-13-15-17-19-21-23-25-27-29-31-36-33-38(45)43(40(34-36)48-3)42-37(44(47)41(49-4)35-39(42)46)32-30-28-26-24-22-20-18-16-14-12-10-8-6-2/h11-14,33-35,45H,5-10,15-32H2,1-4H3/b13-11-,14-12-. The van der Waals surface area contributed by atoms with Gasteiger partial charge in [-0.1, -0.05) is 128 Å². The van der Waals surface area contributed by atoms with Gasteiger partial charge in [-0.3, -0.25) is 9.59 Å². The van der Waals surface area contributed by atoms with Crippen LogP contribution in [0, 0.1) is 0 Å². The summed E-state index contributed by atoms with van der Waals surface area (Å²) in [5.41, 5.74) is 1.95. The molecule has 49 heavy (non-hydrogen) atoms. The summed E-state index contributed by atoms with van der Waals surface area (Å²) in [5, 5.41) is 11.2. The molecule has 0 atom stereocenters. The van der Waals surface area contributed by atoms with E-state index in [0.717, 1.165) is 44.1 Å². The summed E-state index contributed by atoms with van der Waals surface area (Å²) >= 11 is 0. The zero-order chi connectivity index (χ0) is 35.5. The van der Waals surface area contributed by atoms with E-state index in [4.69, 9.17) is 9.47 Å². The minimum Gasteiger partial charge on any atom is -0.507 e. The maximum atomic E-state index is 13.4. The normalized spacial score (nSPS) is 13.7. The SMILES string of the molecule is CCCC/C=C\CCCCCCCCCC1=C(c2c(O)cc(CCCCCCCCC/C=C\CCCC)cc2OC)C(=O)C=C(OC)C1=O. The van der Waals surface area contributed by atoms with Crippen LogP contribution in [0.3, 0.4) is 0 Å². The summed E-state index contributed by atoms with van der Waals surface area (Å²) in [6.07, 6.45) is 38.0. The molecule has 1 aromatic rings. The Morgan fingerprint density at radius 1 is 0.592 bits per heavy atom. The van der Waals surface area contributed by atoms with Crippen LogP contribution in [0.5, 0.6) is 11.5 Å². The second kappa shape index (κ2) is 26.7. The van der Waals surface area contributed by atoms with Crippen LogP contribution >= 0.6 is 0 Å². The number of rotatable bonds is 29. The summed E-state index contributed by atoms with van der Waals surface area (Å²) in [6.45, 7) is 4.46. The quantitative estimate of drug-likeness (QED) is 0.0519. The van der Waals surface area contributed by atoms with Crippen molar-refractivity contribution in [1.82, 2.24) is 0 Å². The highest BCUT2D eigenvalue weighted by Crippen LogP contribution is 2.41. The zero-order valence-electron chi connectivity index (χ0n) is 31.6. The van der Waals surface area contributed by atoms with Crippen LogP contribution in [0.2, 0.25) is 0 Å². The van der Waals surface area contributed by atoms with Crippen molar-refractivity contribution in [3.8, 4) is 11.5 Å². The van der Waals surface area contributed by atoms with Crippen molar-refractivity contribution in [3.63, 3.8) is 0 Å². The number of benzene rings is 1. The van der Waals surface area contributed by atoms with E-state index in [-0.39, 0.29) is 28.6 Å². The van der Waals surface area contributed by atoms with Crippen molar-refractivity contribution < 1.29 is 24.2 Å². The first-order chi connectivity index (χ1) is 24.0. The van der Waals surface area contributed by atoms with Crippen molar-refractivity contribution in [2.45, 2.75) is 168 Å². The average molecular weight is 677 g/mol. The number of aromatic hydroxyl groups is 1. The molecule has 0 amide bonds. The molecule has 5 nitrogen and oxygen atoms in total. The van der Waals surface area contributed by atoms with Crippen LogP contribution in [0.4, 0.5) is 0 Å². The summed E-state index contributed by atoms with van der Waals surface area (Å²) in [5.74, 6) is -0.132. The molecular formula is C44H68O5. The van der Waals surface area contributed by atoms with Gasteiger partial charge in [0.15, 0.2) is 11.5 Å². The highest BCUT2D eigenvalue weighted by Gasteiger charge is 2.33. The largest absolute Gasteiger partial charge is 0.507 e. The first-order valence-corrected chi connectivity index (χ1v) is 19.8. The number of aryl methyl sites for hydroxylation is 1. The van der Waals surface area contributed by atoms with Crippen molar-refractivity contribution in [2.24, 2.45) is 0 Å². The first kappa shape index (κ1) is 42.1. The molecule has 0 spiro atoms. The Morgan fingerprint density at radius 2 is 1.06 bits per heavy atom. The van der Waals surface area contributed by atoms with Gasteiger partial charge in [-0.2, -0.15) is 0 Å². The molecule has 0 heterocycles. The monoisotopic (exact) mass is 677 g/mol. The molecule has 0 aliphatic heterocycles. The van der Waals surface area contributed by atoms with Crippen molar-refractivity contribution in [2.75, 3.05) is 14.2 Å². The number of hydrogen-bond donors (Lipinski definition) is 1. The Bertz CT molecular complexity index is 1220. The lowest BCUT2D eigenvalue weighted by Gasteiger charge is -2.21. The van der Waals surface area contributed by atoms with E-state index in [1.807, 2.05) is 6.07 Å². The van der Waals surface area contributed by atoms with Crippen LogP contribution in [0.25, 0.3) is 5.57 Å². The molecule has 5 heteroatoms. The van der Waals surface area contributed by atoms with Gasteiger partial charge in [0.05, 0.1) is 19.8 Å². The van der Waals surface area contributed by atoms with Gasteiger partial charge in [-0.25, -0.2) is 0 Å². The number of unbranched alkanes of at least 4 members (excludes halogenated alkanes) is 18. The highest BCUT2D eigenvalue weighted by molar-refractivity contribution is 6.37. The lowest BCUT2D eigenvalue weighted by Crippen LogP contribution is -2.20. The van der Waals surface area contributed by atoms with Gasteiger partial charge in [0.2, 0.25) is 5.78 Å². The number of allylic oxidation sites excluding steroid dienone is 7. The van der Waals surface area contributed by atoms with E-state index < -0.39 is 0 Å². The Balaban J connectivity index is 1.90. The van der Waals surface area contributed by atoms with Crippen LogP contribution in [-0.2, 0) is 20.7 Å². The number of ether oxygens (including phenoxy) is 2. The van der Waals surface area contributed by atoms with Crippen LogP contribution in [-0.4, -0.2) is 30.9 Å². The minimum atomic E-state index is -0.330. The second-order valence-corrected chi connectivity index (χ2v) is 13.7. The predicted octanol–water partition coefficient (Wildman–Crippen LogP) is 12.5. The third-order valence-electron chi connectivity index (χ3n) is 9.56. The van der Waals surface area contributed by atoms with Gasteiger partial charge in [0.25, 0.3) is 0 Å². The number of phenolic OH excluding ortho intramolecular Hbond substituents is 1. The summed E-state index contributed by atoms with van der Waals surface area (Å²) < 4.78 is 11.0. The lowest BCUT2D eigenvalue weighted by atomic mass is 9.84. The number of methoxy groups -OCH3 is 2. The van der Waals surface area contributed by atoms with Crippen molar-refractivity contribution in [3.05, 3.63) is 65.0 Å². The maximum absolute atomic E-state index is 13.4. The number of carbonyl (C=O) groups excluding carboxylic acids is 2. The van der Waals surface area contributed by atoms with Gasteiger partial charge in [0.1, 0.15) is 11.5 Å². The molecule has 0 fully saturated rings. The van der Waals surface area contributed by atoms with Gasteiger partial charge >= 0.3 is 0 Å². The Morgan fingerprint density at radius 3 is 1.55 bits per heavy atom. The third kappa shape index (κ3) is 16.5. The number of carbonyl (C=O) groups is 2. The molecule has 274 valence electrons. The smallest absolute Gasteiger partial charge is 0.224 e. The maximum Gasteiger partial charge on any atom is 0.224 e. The zero-order valence-corrected chi connectivity index (χ0v) is 31.6. The van der Waals surface area contributed by atoms with E-state index in [9.17, 15) is 14.7 Å². The number of hydrogen-bond acceptors (Lipinski definition) is 5. The van der Waals surface area contributed by atoms with Gasteiger partial charge < -0.3 is 14.6 Å². The third-order valence-corrected chi connectivity index (χ3v) is 9.56. The summed E-state index contributed by atoms with van der Waals surface area (Å²) in [4.78, 5) is 26.9. The topological polar surface area (TPSA) is 72.8 Å². The fraction of sp³-hybridized carbons (Fsp3) is 0.636. The van der Waals surface area contributed by atoms with Crippen molar-refractivity contribution >= 4 is 17.1 Å². The van der Waals surface area contributed by atoms with E-state index in [2.05, 4.69) is 38.2 Å². The van der Waals surface area contributed by atoms with Gasteiger partial charge in [0, 0.05) is 17.2 Å². The number of ketones is 2. The molecule has 0 radical (unpaired) electrons. The molecule has 0 saturated carbocycles. The fourth-order valence-corrected chi connectivity index (χ4v) is 6.58. The molecule has 2 rings (SSSR count). The van der Waals surface area contributed by atoms with E-state index in [1.165, 1.54) is 122 Å². The average Bonchev–Trinajstić information content (AvgIpc) is 3.10. The van der Waals surface area contributed by atoms with Gasteiger partial charge in [-0.15, -0.1) is 0 Å². The summed E-state index contributed by atoms with van der Waals surface area (Å²) in [6, 6.07) is 3.66. The van der Waals surface area contributed by atoms with Crippen LogP contribution in [0.1, 0.15) is 173 Å². The molecule has 0 unspecified atom stereocenters. The Kier molecular flexibility index (Phi) is 23.0. The second-order valence-electron chi connectivity index (χ2n) is 13.7. The molecule has 1 aliphatic carbocycles. The predicted molar refractivity (Wildman–Crippen MR) is 206 cm³/mol. The minimum absolute atomic E-state index is 0.0128. The van der Waals surface area contributed by atoms with Gasteiger partial charge in [-0.05, 0) is 81.9 Å². The molecule has 0 aromatic heterocycles. The molecule has 1 N–H and O–H groups in total. The molecule has 1 aliphatic rings. The molecular weight excluding hydrogens is 608 g/mol. The molecule has 0 saturated heterocycles. The van der Waals surface area contributed by atoms with E-state index in [1.54, 1.807) is 13.2 Å². The molecule has 1 aromatic carbocycles. The highest BCUT2D eigenvalue weighted by atomic mass is 16.5. The van der Waals surface area contributed by atoms with E-state index >= 15 is 0 Å². The number of Topliss-reactive ketones (excluding diaryl/α,β-unsaturated/α-hetero) is 1. The lowest BCUT2D eigenvalue weighted by molar-refractivity contribution is -0.117. The van der Waals surface area contributed by atoms with Crippen LogP contribution < -0.4 is 4.74 Å². The number of phenols is 1. The van der Waals surface area contributed by atoms with Crippen molar-refractivity contribution in [1.29, 1.82) is 0 Å². The molecule has 0 bridgehead atoms. The Hall–Kier alpha value is -3.08. The Labute approximate surface area is 299 Å². The van der Waals surface area contributed by atoms with Crippen LogP contribution in [0.15, 0.2) is 53.8 Å². The van der Waals surface area contributed by atoms with E-state index in [0.29, 0.717) is 23.3 Å².